The summed E-state index contributed by atoms with van der Waals surface area (Å²) < 4.78 is 0. The predicted molar refractivity (Wildman–Crippen MR) is 64.9 cm³/mol. The highest BCUT2D eigenvalue weighted by atomic mass is 16.2. The molecule has 2 rings (SSSR count). The van der Waals surface area contributed by atoms with Gasteiger partial charge in [-0.05, 0) is 24.7 Å². The van der Waals surface area contributed by atoms with E-state index in [9.17, 15) is 4.79 Å². The fraction of sp³-hybridized carbons (Fsp3) is 0.923. The highest BCUT2D eigenvalue weighted by Crippen LogP contribution is 2.32. The van der Waals surface area contributed by atoms with Crippen LogP contribution in [0.2, 0.25) is 0 Å². The van der Waals surface area contributed by atoms with Gasteiger partial charge in [-0.2, -0.15) is 0 Å². The summed E-state index contributed by atoms with van der Waals surface area (Å²) in [6.45, 7) is 6.31. The highest BCUT2D eigenvalue weighted by Gasteiger charge is 2.37. The van der Waals surface area contributed by atoms with Crippen molar-refractivity contribution in [2.45, 2.75) is 52.0 Å². The molecule has 0 radical (unpaired) electrons. The zero-order chi connectivity index (χ0) is 11.8. The van der Waals surface area contributed by atoms with Gasteiger partial charge < -0.3 is 10.6 Å². The molecule has 1 heterocycles. The quantitative estimate of drug-likeness (QED) is 0.737. The highest BCUT2D eigenvalue weighted by molar-refractivity contribution is 5.80. The predicted octanol–water partition coefficient (Wildman–Crippen LogP) is 1.76. The van der Waals surface area contributed by atoms with Gasteiger partial charge in [-0.3, -0.25) is 4.79 Å². The van der Waals surface area contributed by atoms with Crippen LogP contribution in [0.4, 0.5) is 0 Å². The summed E-state index contributed by atoms with van der Waals surface area (Å²) in [5.74, 6) is 0.417. The summed E-state index contributed by atoms with van der Waals surface area (Å²) in [5, 5.41) is 0. The maximum Gasteiger partial charge on any atom is 0.227 e. The zero-order valence-electron chi connectivity index (χ0n) is 10.5. The lowest BCUT2D eigenvalue weighted by Gasteiger charge is -2.31. The fourth-order valence-corrected chi connectivity index (χ4v) is 3.00. The van der Waals surface area contributed by atoms with E-state index in [-0.39, 0.29) is 12.0 Å². The number of amides is 1. The minimum absolute atomic E-state index is 0.0997. The molecule has 1 saturated carbocycles. The molecular weight excluding hydrogens is 200 g/mol. The smallest absolute Gasteiger partial charge is 0.227 e. The summed E-state index contributed by atoms with van der Waals surface area (Å²) in [5.41, 5.74) is 6.37. The summed E-state index contributed by atoms with van der Waals surface area (Å²) in [6, 6.07) is 0.102. The Hall–Kier alpha value is -0.570. The van der Waals surface area contributed by atoms with Gasteiger partial charge in [0.25, 0.3) is 0 Å². The van der Waals surface area contributed by atoms with E-state index in [1.54, 1.807) is 0 Å². The fourth-order valence-electron chi connectivity index (χ4n) is 3.00. The van der Waals surface area contributed by atoms with Crippen LogP contribution in [0.3, 0.4) is 0 Å². The van der Waals surface area contributed by atoms with Crippen LogP contribution in [0.1, 0.15) is 46.0 Å². The van der Waals surface area contributed by atoms with E-state index in [4.69, 9.17) is 5.73 Å². The minimum atomic E-state index is 0.0997. The van der Waals surface area contributed by atoms with Crippen LogP contribution in [0.25, 0.3) is 0 Å². The Morgan fingerprint density at radius 1 is 1.31 bits per heavy atom. The number of rotatable bonds is 1. The molecule has 0 aromatic carbocycles. The molecule has 1 amide bonds. The van der Waals surface area contributed by atoms with Crippen LogP contribution in [0.5, 0.6) is 0 Å². The first-order valence-corrected chi connectivity index (χ1v) is 6.54. The number of carbonyl (C=O) groups excluding carboxylic acids is 1. The third kappa shape index (κ3) is 2.40. The molecule has 1 aliphatic carbocycles. The first kappa shape index (κ1) is 11.9. The van der Waals surface area contributed by atoms with E-state index in [1.807, 2.05) is 4.90 Å². The third-order valence-electron chi connectivity index (χ3n) is 4.13. The first-order valence-electron chi connectivity index (χ1n) is 6.54. The lowest BCUT2D eigenvalue weighted by molar-refractivity contribution is -0.136. The van der Waals surface area contributed by atoms with E-state index in [0.29, 0.717) is 11.3 Å². The van der Waals surface area contributed by atoms with Gasteiger partial charge in [0.05, 0.1) is 5.92 Å². The number of nitrogens with zero attached hydrogens (tertiary/aromatic N) is 1. The Balaban J connectivity index is 1.97. The van der Waals surface area contributed by atoms with E-state index < -0.39 is 0 Å². The zero-order valence-corrected chi connectivity index (χ0v) is 10.5. The standard InChI is InChI=1S/C13H24N2O/c1-13(2)7-8-15(9-13)12(16)10-5-3-4-6-11(10)14/h10-11H,3-9,14H2,1-2H3. The Morgan fingerprint density at radius 2 is 2.00 bits per heavy atom. The van der Waals surface area contributed by atoms with E-state index in [1.165, 1.54) is 12.8 Å². The first-order chi connectivity index (χ1) is 7.49. The van der Waals surface area contributed by atoms with Crippen LogP contribution >= 0.6 is 0 Å². The number of nitrogens with two attached hydrogens (primary N) is 1. The summed E-state index contributed by atoms with van der Waals surface area (Å²) in [4.78, 5) is 14.4. The Labute approximate surface area is 98.4 Å². The van der Waals surface area contributed by atoms with Crippen LogP contribution in [-0.4, -0.2) is 29.9 Å². The average molecular weight is 224 g/mol. The van der Waals surface area contributed by atoms with E-state index in [2.05, 4.69) is 13.8 Å². The summed E-state index contributed by atoms with van der Waals surface area (Å²) >= 11 is 0. The Morgan fingerprint density at radius 3 is 2.56 bits per heavy atom. The summed E-state index contributed by atoms with van der Waals surface area (Å²) in [7, 11) is 0. The lowest BCUT2D eigenvalue weighted by Crippen LogP contribution is -2.45. The molecule has 2 N–H and O–H groups in total. The molecule has 2 aliphatic rings. The normalized spacial score (nSPS) is 34.1. The molecular formula is C13H24N2O. The van der Waals surface area contributed by atoms with Gasteiger partial charge in [0.2, 0.25) is 5.91 Å². The average Bonchev–Trinajstić information content (AvgIpc) is 2.59. The van der Waals surface area contributed by atoms with Crippen molar-refractivity contribution in [2.75, 3.05) is 13.1 Å². The molecule has 2 atom stereocenters. The van der Waals surface area contributed by atoms with Crippen LogP contribution in [0.15, 0.2) is 0 Å². The van der Waals surface area contributed by atoms with Gasteiger partial charge in [0.15, 0.2) is 0 Å². The van der Waals surface area contributed by atoms with E-state index in [0.717, 1.165) is 32.4 Å². The number of carbonyl (C=O) groups is 1. The van der Waals surface area contributed by atoms with Gasteiger partial charge in [-0.1, -0.05) is 26.7 Å². The molecule has 92 valence electrons. The van der Waals surface area contributed by atoms with Crippen molar-refractivity contribution in [3.63, 3.8) is 0 Å². The maximum absolute atomic E-state index is 12.3. The molecule has 1 saturated heterocycles. The molecule has 3 nitrogen and oxygen atoms in total. The molecule has 2 fully saturated rings. The van der Waals surface area contributed by atoms with Crippen molar-refractivity contribution in [2.24, 2.45) is 17.1 Å². The van der Waals surface area contributed by atoms with Crippen molar-refractivity contribution in [3.05, 3.63) is 0 Å². The molecule has 0 aromatic heterocycles. The molecule has 2 unspecified atom stereocenters. The number of hydrogen-bond acceptors (Lipinski definition) is 2. The third-order valence-corrected chi connectivity index (χ3v) is 4.13. The van der Waals surface area contributed by atoms with E-state index >= 15 is 0 Å². The van der Waals surface area contributed by atoms with Crippen LogP contribution in [0, 0.1) is 11.3 Å². The topological polar surface area (TPSA) is 46.3 Å². The van der Waals surface area contributed by atoms with Crippen molar-refractivity contribution >= 4 is 5.91 Å². The molecule has 3 heteroatoms. The monoisotopic (exact) mass is 224 g/mol. The second-order valence-electron chi connectivity index (χ2n) is 6.23. The number of likely N-dealkylation sites (tertiary alicyclic amines) is 1. The Kier molecular flexibility index (Phi) is 3.24. The van der Waals surface area contributed by atoms with Crippen LogP contribution < -0.4 is 5.73 Å². The number of hydrogen-bond donors (Lipinski definition) is 1. The Bertz CT molecular complexity index is 275. The molecule has 0 bridgehead atoms. The van der Waals surface area contributed by atoms with Gasteiger partial charge in [0.1, 0.15) is 0 Å². The second-order valence-corrected chi connectivity index (χ2v) is 6.23. The van der Waals surface area contributed by atoms with Gasteiger partial charge in [-0.25, -0.2) is 0 Å². The molecule has 0 spiro atoms. The maximum atomic E-state index is 12.3. The van der Waals surface area contributed by atoms with Crippen molar-refractivity contribution in [1.82, 2.24) is 4.90 Å². The molecule has 0 aromatic rings. The lowest BCUT2D eigenvalue weighted by atomic mass is 9.84. The SMILES string of the molecule is CC1(C)CCN(C(=O)C2CCCCC2N)C1. The second kappa shape index (κ2) is 4.36. The van der Waals surface area contributed by atoms with Gasteiger partial charge in [0, 0.05) is 19.1 Å². The van der Waals surface area contributed by atoms with Crippen molar-refractivity contribution < 1.29 is 4.79 Å². The molecule has 1 aliphatic heterocycles. The molecule has 16 heavy (non-hydrogen) atoms. The van der Waals surface area contributed by atoms with Gasteiger partial charge >= 0.3 is 0 Å². The van der Waals surface area contributed by atoms with Crippen LogP contribution in [-0.2, 0) is 4.79 Å². The van der Waals surface area contributed by atoms with Crippen molar-refractivity contribution in [1.29, 1.82) is 0 Å². The minimum Gasteiger partial charge on any atom is -0.342 e. The summed E-state index contributed by atoms with van der Waals surface area (Å²) in [6.07, 6.45) is 5.50. The van der Waals surface area contributed by atoms with Gasteiger partial charge in [-0.15, -0.1) is 0 Å². The largest absolute Gasteiger partial charge is 0.342 e. The van der Waals surface area contributed by atoms with Crippen molar-refractivity contribution in [3.8, 4) is 0 Å².